The molecular weight excluding hydrogens is 266 g/mol. The normalized spacial score (nSPS) is 21.0. The van der Waals surface area contributed by atoms with Crippen LogP contribution in [0.3, 0.4) is 0 Å². The number of nitrogens with two attached hydrogens (primary N) is 1. The quantitative estimate of drug-likeness (QED) is 0.816. The lowest BCUT2D eigenvalue weighted by Gasteiger charge is -2.33. The molecule has 2 N–H and O–H groups in total. The molecule has 2 rings (SSSR count). The smallest absolute Gasteiger partial charge is 0.317 e. The van der Waals surface area contributed by atoms with Crippen LogP contribution < -0.4 is 5.73 Å². The third-order valence-electron chi connectivity index (χ3n) is 4.25. The van der Waals surface area contributed by atoms with E-state index >= 15 is 0 Å². The van der Waals surface area contributed by atoms with E-state index in [9.17, 15) is 4.79 Å². The van der Waals surface area contributed by atoms with Crippen LogP contribution in [0.2, 0.25) is 0 Å². The van der Waals surface area contributed by atoms with Crippen LogP contribution in [0.15, 0.2) is 24.3 Å². The first kappa shape index (κ1) is 16.0. The summed E-state index contributed by atoms with van der Waals surface area (Å²) < 4.78 is 10.8. The van der Waals surface area contributed by atoms with Crippen molar-refractivity contribution in [2.75, 3.05) is 26.4 Å². The van der Waals surface area contributed by atoms with Gasteiger partial charge >= 0.3 is 5.97 Å². The maximum atomic E-state index is 12.7. The Hall–Kier alpha value is -1.39. The summed E-state index contributed by atoms with van der Waals surface area (Å²) in [6, 6.07) is 8.01. The van der Waals surface area contributed by atoms with Gasteiger partial charge in [0.1, 0.15) is 5.41 Å². The van der Waals surface area contributed by atoms with Gasteiger partial charge < -0.3 is 15.2 Å². The summed E-state index contributed by atoms with van der Waals surface area (Å²) in [7, 11) is 0. The van der Waals surface area contributed by atoms with E-state index in [1.165, 1.54) is 0 Å². The largest absolute Gasteiger partial charge is 0.465 e. The van der Waals surface area contributed by atoms with E-state index in [0.29, 0.717) is 25.6 Å². The Morgan fingerprint density at radius 2 is 2.33 bits per heavy atom. The second-order valence-electron chi connectivity index (χ2n) is 5.81. The van der Waals surface area contributed by atoms with Crippen molar-refractivity contribution < 1.29 is 14.3 Å². The van der Waals surface area contributed by atoms with Crippen LogP contribution in [-0.4, -0.2) is 32.3 Å². The standard InChI is InChI=1S/C17H25NO3/c1-3-21-16(19)17(12-18,10-14-7-8-20-11-14)15-6-4-5-13(2)9-15/h4-6,9,14H,3,7-8,10-12,18H2,1-2H3. The lowest BCUT2D eigenvalue weighted by molar-refractivity contribution is -0.150. The molecule has 1 aromatic carbocycles. The highest BCUT2D eigenvalue weighted by atomic mass is 16.5. The first-order valence-corrected chi connectivity index (χ1v) is 7.64. The number of rotatable bonds is 6. The molecule has 4 heteroatoms. The Labute approximate surface area is 126 Å². The van der Waals surface area contributed by atoms with Crippen LogP contribution in [0.4, 0.5) is 0 Å². The summed E-state index contributed by atoms with van der Waals surface area (Å²) in [6.07, 6.45) is 1.67. The Morgan fingerprint density at radius 3 is 2.90 bits per heavy atom. The maximum Gasteiger partial charge on any atom is 0.317 e. The summed E-state index contributed by atoms with van der Waals surface area (Å²) in [5.74, 6) is 0.142. The molecule has 0 saturated carbocycles. The van der Waals surface area contributed by atoms with Gasteiger partial charge in [0.2, 0.25) is 0 Å². The van der Waals surface area contributed by atoms with Crippen molar-refractivity contribution >= 4 is 5.97 Å². The van der Waals surface area contributed by atoms with Gasteiger partial charge in [-0.15, -0.1) is 0 Å². The zero-order valence-electron chi connectivity index (χ0n) is 12.9. The number of hydrogen-bond donors (Lipinski definition) is 1. The topological polar surface area (TPSA) is 61.5 Å². The molecule has 1 fully saturated rings. The number of aryl methyl sites for hydroxylation is 1. The van der Waals surface area contributed by atoms with Crippen molar-refractivity contribution in [3.63, 3.8) is 0 Å². The molecular formula is C17H25NO3. The number of hydrogen-bond acceptors (Lipinski definition) is 4. The maximum absolute atomic E-state index is 12.7. The van der Waals surface area contributed by atoms with Crippen LogP contribution in [0.1, 0.15) is 30.9 Å². The predicted octanol–water partition coefficient (Wildman–Crippen LogP) is 2.18. The zero-order valence-corrected chi connectivity index (χ0v) is 12.9. The SMILES string of the molecule is CCOC(=O)C(CN)(CC1CCOC1)c1cccc(C)c1. The number of carbonyl (C=O) groups is 1. The Bertz CT molecular complexity index is 483. The third-order valence-corrected chi connectivity index (χ3v) is 4.25. The molecule has 0 bridgehead atoms. The first-order valence-electron chi connectivity index (χ1n) is 7.64. The second kappa shape index (κ2) is 7.05. The Morgan fingerprint density at radius 1 is 1.52 bits per heavy atom. The minimum absolute atomic E-state index is 0.218. The molecule has 1 aliphatic rings. The van der Waals surface area contributed by atoms with E-state index in [2.05, 4.69) is 0 Å². The molecule has 1 aliphatic heterocycles. The highest BCUT2D eigenvalue weighted by Crippen LogP contribution is 2.35. The minimum atomic E-state index is -0.763. The number of benzene rings is 1. The van der Waals surface area contributed by atoms with Crippen molar-refractivity contribution in [3.05, 3.63) is 35.4 Å². The van der Waals surface area contributed by atoms with Crippen LogP contribution in [-0.2, 0) is 19.7 Å². The highest BCUT2D eigenvalue weighted by molar-refractivity contribution is 5.83. The summed E-state index contributed by atoms with van der Waals surface area (Å²) in [6.45, 7) is 5.94. The average Bonchev–Trinajstić information content (AvgIpc) is 2.98. The molecule has 116 valence electrons. The molecule has 21 heavy (non-hydrogen) atoms. The summed E-state index contributed by atoms with van der Waals surface area (Å²) >= 11 is 0. The predicted molar refractivity (Wildman–Crippen MR) is 82.1 cm³/mol. The molecule has 0 spiro atoms. The van der Waals surface area contributed by atoms with Gasteiger partial charge in [0.15, 0.2) is 0 Å². The van der Waals surface area contributed by atoms with Gasteiger partial charge in [-0.1, -0.05) is 29.8 Å². The van der Waals surface area contributed by atoms with E-state index in [1.54, 1.807) is 0 Å². The fourth-order valence-corrected chi connectivity index (χ4v) is 3.05. The van der Waals surface area contributed by atoms with Crippen LogP contribution in [0.5, 0.6) is 0 Å². The number of esters is 1. The van der Waals surface area contributed by atoms with Crippen molar-refractivity contribution in [2.45, 2.75) is 32.1 Å². The Kier molecular flexibility index (Phi) is 5.37. The second-order valence-corrected chi connectivity index (χ2v) is 5.81. The lowest BCUT2D eigenvalue weighted by Crippen LogP contribution is -2.46. The third kappa shape index (κ3) is 3.44. The van der Waals surface area contributed by atoms with Gasteiger partial charge in [0.05, 0.1) is 6.61 Å². The zero-order chi connectivity index (χ0) is 15.3. The van der Waals surface area contributed by atoms with Crippen LogP contribution >= 0.6 is 0 Å². The number of ether oxygens (including phenoxy) is 2. The van der Waals surface area contributed by atoms with Crippen molar-refractivity contribution in [3.8, 4) is 0 Å². The number of carbonyl (C=O) groups excluding carboxylic acids is 1. The van der Waals surface area contributed by atoms with E-state index < -0.39 is 5.41 Å². The van der Waals surface area contributed by atoms with E-state index in [0.717, 1.165) is 24.2 Å². The van der Waals surface area contributed by atoms with Gasteiger partial charge in [0, 0.05) is 19.8 Å². The van der Waals surface area contributed by atoms with Crippen molar-refractivity contribution in [1.29, 1.82) is 0 Å². The molecule has 2 unspecified atom stereocenters. The van der Waals surface area contributed by atoms with Gasteiger partial charge in [-0.3, -0.25) is 4.79 Å². The highest BCUT2D eigenvalue weighted by Gasteiger charge is 2.43. The summed E-state index contributed by atoms with van der Waals surface area (Å²) in [4.78, 5) is 12.7. The first-order chi connectivity index (χ1) is 10.1. The molecule has 1 saturated heterocycles. The summed E-state index contributed by atoms with van der Waals surface area (Å²) in [5.41, 5.74) is 7.37. The average molecular weight is 291 g/mol. The van der Waals surface area contributed by atoms with Crippen molar-refractivity contribution in [1.82, 2.24) is 0 Å². The van der Waals surface area contributed by atoms with E-state index in [-0.39, 0.29) is 12.5 Å². The van der Waals surface area contributed by atoms with Crippen molar-refractivity contribution in [2.24, 2.45) is 11.7 Å². The van der Waals surface area contributed by atoms with Gasteiger partial charge in [-0.2, -0.15) is 0 Å². The minimum Gasteiger partial charge on any atom is -0.465 e. The molecule has 0 aromatic heterocycles. The molecule has 4 nitrogen and oxygen atoms in total. The Balaban J connectivity index is 2.37. The van der Waals surface area contributed by atoms with Crippen LogP contribution in [0.25, 0.3) is 0 Å². The van der Waals surface area contributed by atoms with E-state index in [1.807, 2.05) is 38.1 Å². The molecule has 0 radical (unpaired) electrons. The monoisotopic (exact) mass is 291 g/mol. The molecule has 0 aliphatic carbocycles. The van der Waals surface area contributed by atoms with Gasteiger partial charge in [0.25, 0.3) is 0 Å². The fourth-order valence-electron chi connectivity index (χ4n) is 3.05. The van der Waals surface area contributed by atoms with Crippen LogP contribution in [0, 0.1) is 12.8 Å². The van der Waals surface area contributed by atoms with Gasteiger partial charge in [-0.05, 0) is 38.2 Å². The molecule has 0 amide bonds. The summed E-state index contributed by atoms with van der Waals surface area (Å²) in [5, 5.41) is 0. The molecule has 1 aromatic rings. The molecule has 2 atom stereocenters. The molecule has 1 heterocycles. The lowest BCUT2D eigenvalue weighted by atomic mass is 9.73. The van der Waals surface area contributed by atoms with Gasteiger partial charge in [-0.25, -0.2) is 0 Å². The van der Waals surface area contributed by atoms with E-state index in [4.69, 9.17) is 15.2 Å². The fraction of sp³-hybridized carbons (Fsp3) is 0.588.